The lowest BCUT2D eigenvalue weighted by atomic mass is 10.1. The van der Waals surface area contributed by atoms with Crippen molar-refractivity contribution >= 4 is 28.3 Å². The van der Waals surface area contributed by atoms with Gasteiger partial charge in [-0.3, -0.25) is 14.9 Å². The van der Waals surface area contributed by atoms with E-state index in [9.17, 15) is 14.9 Å². The number of fused-ring (bicyclic) bond motifs is 1. The molecule has 5 nitrogen and oxygen atoms in total. The minimum atomic E-state index is -0.720. The van der Waals surface area contributed by atoms with Crippen LogP contribution in [-0.2, 0) is 0 Å². The third-order valence-corrected chi connectivity index (χ3v) is 3.31. The minimum absolute atomic E-state index is 0.0691. The average molecular weight is 302 g/mol. The SMILES string of the molecule is O=c1c([N+](=O)[O-])c(-c2ccc(Cl)cc2)oc2ccccc12. The Morgan fingerprint density at radius 2 is 1.71 bits per heavy atom. The number of hydrogen-bond donors (Lipinski definition) is 0. The molecular formula is C15H8ClNO4. The molecule has 0 atom stereocenters. The zero-order chi connectivity index (χ0) is 15.0. The van der Waals surface area contributed by atoms with E-state index in [0.717, 1.165) is 0 Å². The summed E-state index contributed by atoms with van der Waals surface area (Å²) in [5, 5.41) is 11.9. The van der Waals surface area contributed by atoms with Crippen LogP contribution in [0.15, 0.2) is 57.7 Å². The van der Waals surface area contributed by atoms with E-state index in [1.807, 2.05) is 0 Å². The van der Waals surface area contributed by atoms with Gasteiger partial charge in [-0.1, -0.05) is 23.7 Å². The fraction of sp³-hybridized carbons (Fsp3) is 0. The lowest BCUT2D eigenvalue weighted by Crippen LogP contribution is -2.10. The highest BCUT2D eigenvalue weighted by atomic mass is 35.5. The van der Waals surface area contributed by atoms with Gasteiger partial charge in [0.2, 0.25) is 5.76 Å². The lowest BCUT2D eigenvalue weighted by molar-refractivity contribution is -0.386. The Bertz CT molecular complexity index is 900. The summed E-state index contributed by atoms with van der Waals surface area (Å²) in [5.41, 5.74) is -0.505. The van der Waals surface area contributed by atoms with Gasteiger partial charge >= 0.3 is 5.69 Å². The fourth-order valence-corrected chi connectivity index (χ4v) is 2.22. The molecular weight excluding hydrogens is 294 g/mol. The first-order valence-corrected chi connectivity index (χ1v) is 6.42. The van der Waals surface area contributed by atoms with Gasteiger partial charge in [-0.05, 0) is 36.4 Å². The van der Waals surface area contributed by atoms with Gasteiger partial charge in [0.1, 0.15) is 5.58 Å². The molecule has 0 saturated heterocycles. The van der Waals surface area contributed by atoms with Crippen molar-refractivity contribution < 1.29 is 9.34 Å². The predicted octanol–water partition coefficient (Wildman–Crippen LogP) is 4.02. The van der Waals surface area contributed by atoms with Crippen molar-refractivity contribution in [2.45, 2.75) is 0 Å². The van der Waals surface area contributed by atoms with Gasteiger partial charge in [-0.15, -0.1) is 0 Å². The molecule has 0 aliphatic rings. The molecule has 6 heteroatoms. The molecule has 0 unspecified atom stereocenters. The normalized spacial score (nSPS) is 10.7. The minimum Gasteiger partial charge on any atom is -0.449 e. The van der Waals surface area contributed by atoms with E-state index in [-0.39, 0.29) is 11.1 Å². The molecule has 0 radical (unpaired) electrons. The number of halogens is 1. The second-order valence-corrected chi connectivity index (χ2v) is 4.81. The first-order chi connectivity index (χ1) is 10.1. The second kappa shape index (κ2) is 5.03. The number of hydrogen-bond acceptors (Lipinski definition) is 4. The molecule has 0 amide bonds. The Labute approximate surface area is 123 Å². The molecule has 0 N–H and O–H groups in total. The monoisotopic (exact) mass is 301 g/mol. The summed E-state index contributed by atoms with van der Waals surface area (Å²) in [5.74, 6) is -0.0691. The van der Waals surface area contributed by atoms with Crippen LogP contribution in [0.3, 0.4) is 0 Å². The average Bonchev–Trinajstić information content (AvgIpc) is 2.47. The van der Waals surface area contributed by atoms with Crippen molar-refractivity contribution in [1.29, 1.82) is 0 Å². The quantitative estimate of drug-likeness (QED) is 0.529. The molecule has 0 saturated carbocycles. The fourth-order valence-electron chi connectivity index (χ4n) is 2.09. The first kappa shape index (κ1) is 13.3. The maximum absolute atomic E-state index is 12.3. The smallest absolute Gasteiger partial charge is 0.359 e. The number of para-hydroxylation sites is 1. The van der Waals surface area contributed by atoms with Crippen molar-refractivity contribution in [1.82, 2.24) is 0 Å². The molecule has 104 valence electrons. The van der Waals surface area contributed by atoms with E-state index < -0.39 is 16.0 Å². The van der Waals surface area contributed by atoms with Crippen molar-refractivity contribution in [3.05, 3.63) is 73.9 Å². The van der Waals surface area contributed by atoms with E-state index in [0.29, 0.717) is 16.2 Å². The second-order valence-electron chi connectivity index (χ2n) is 4.37. The highest BCUT2D eigenvalue weighted by Gasteiger charge is 2.25. The number of benzene rings is 2. The third kappa shape index (κ3) is 2.28. The molecule has 1 heterocycles. The van der Waals surface area contributed by atoms with Crippen LogP contribution in [0, 0.1) is 10.1 Å². The number of nitrogens with zero attached hydrogens (tertiary/aromatic N) is 1. The van der Waals surface area contributed by atoms with E-state index in [4.69, 9.17) is 16.0 Å². The molecule has 0 bridgehead atoms. The summed E-state index contributed by atoms with van der Waals surface area (Å²) in [6.07, 6.45) is 0. The van der Waals surface area contributed by atoms with E-state index in [1.54, 1.807) is 42.5 Å². The van der Waals surface area contributed by atoms with E-state index in [1.165, 1.54) is 6.07 Å². The van der Waals surface area contributed by atoms with Gasteiger partial charge in [-0.25, -0.2) is 0 Å². The molecule has 0 spiro atoms. The Morgan fingerprint density at radius 3 is 2.38 bits per heavy atom. The molecule has 3 aromatic rings. The van der Waals surface area contributed by atoms with Crippen molar-refractivity contribution in [2.24, 2.45) is 0 Å². The van der Waals surface area contributed by atoms with Gasteiger partial charge in [0.05, 0.1) is 10.3 Å². The van der Waals surface area contributed by atoms with Crippen LogP contribution in [0.4, 0.5) is 5.69 Å². The van der Waals surface area contributed by atoms with Crippen LogP contribution in [-0.4, -0.2) is 4.92 Å². The van der Waals surface area contributed by atoms with E-state index >= 15 is 0 Å². The molecule has 2 aromatic carbocycles. The van der Waals surface area contributed by atoms with Crippen LogP contribution >= 0.6 is 11.6 Å². The summed E-state index contributed by atoms with van der Waals surface area (Å²) in [7, 11) is 0. The predicted molar refractivity (Wildman–Crippen MR) is 79.6 cm³/mol. The van der Waals surface area contributed by atoms with Crippen LogP contribution in [0.1, 0.15) is 0 Å². The third-order valence-electron chi connectivity index (χ3n) is 3.06. The highest BCUT2D eigenvalue weighted by molar-refractivity contribution is 6.30. The van der Waals surface area contributed by atoms with E-state index in [2.05, 4.69) is 0 Å². The van der Waals surface area contributed by atoms with Crippen LogP contribution < -0.4 is 5.43 Å². The Morgan fingerprint density at radius 1 is 1.05 bits per heavy atom. The van der Waals surface area contributed by atoms with Crippen LogP contribution in [0.5, 0.6) is 0 Å². The molecule has 0 aliphatic carbocycles. The van der Waals surface area contributed by atoms with Crippen molar-refractivity contribution in [3.63, 3.8) is 0 Å². The summed E-state index contributed by atoms with van der Waals surface area (Å²) in [6, 6.07) is 12.7. The summed E-state index contributed by atoms with van der Waals surface area (Å²) in [4.78, 5) is 22.8. The summed E-state index contributed by atoms with van der Waals surface area (Å²) < 4.78 is 5.58. The van der Waals surface area contributed by atoms with Crippen molar-refractivity contribution in [3.8, 4) is 11.3 Å². The van der Waals surface area contributed by atoms with Gasteiger partial charge < -0.3 is 4.42 Å². The highest BCUT2D eigenvalue weighted by Crippen LogP contribution is 2.31. The molecule has 3 rings (SSSR count). The summed E-state index contributed by atoms with van der Waals surface area (Å²) >= 11 is 5.80. The van der Waals surface area contributed by atoms with Crippen molar-refractivity contribution in [2.75, 3.05) is 0 Å². The zero-order valence-corrected chi connectivity index (χ0v) is 11.3. The summed E-state index contributed by atoms with van der Waals surface area (Å²) in [6.45, 7) is 0. The lowest BCUT2D eigenvalue weighted by Gasteiger charge is -2.04. The number of rotatable bonds is 2. The van der Waals surface area contributed by atoms with Crippen LogP contribution in [0.25, 0.3) is 22.3 Å². The largest absolute Gasteiger partial charge is 0.449 e. The van der Waals surface area contributed by atoms with Gasteiger partial charge in [0, 0.05) is 10.6 Å². The Balaban J connectivity index is 2.40. The van der Waals surface area contributed by atoms with Crippen LogP contribution in [0.2, 0.25) is 5.02 Å². The van der Waals surface area contributed by atoms with Gasteiger partial charge in [0.25, 0.3) is 5.43 Å². The molecule has 21 heavy (non-hydrogen) atoms. The Hall–Kier alpha value is -2.66. The zero-order valence-electron chi connectivity index (χ0n) is 10.6. The Kier molecular flexibility index (Phi) is 3.19. The maximum atomic E-state index is 12.3. The molecule has 0 fully saturated rings. The van der Waals surface area contributed by atoms with Gasteiger partial charge in [0.15, 0.2) is 0 Å². The topological polar surface area (TPSA) is 73.3 Å². The first-order valence-electron chi connectivity index (χ1n) is 6.04. The molecule has 0 aliphatic heterocycles. The standard InChI is InChI=1S/C15H8ClNO4/c16-10-7-5-9(6-8-10)15-13(17(19)20)14(18)11-3-1-2-4-12(11)21-15/h1-8H. The maximum Gasteiger partial charge on any atom is 0.359 e. The number of nitro groups is 1. The molecule has 1 aromatic heterocycles. The van der Waals surface area contributed by atoms with Gasteiger partial charge in [-0.2, -0.15) is 0 Å².